The molecule has 0 aromatic rings. The number of methoxy groups -OCH3 is 2. The number of allylic oxidation sites excluding steroid dienone is 2. The Hall–Kier alpha value is -1.32. The van der Waals surface area contributed by atoms with Gasteiger partial charge in [-0.25, -0.2) is 0 Å². The van der Waals surface area contributed by atoms with E-state index in [1.54, 1.807) is 0 Å². The molecule has 2 aliphatic carbocycles. The average molecular weight is 266 g/mol. The van der Waals surface area contributed by atoms with E-state index in [9.17, 15) is 9.59 Å². The van der Waals surface area contributed by atoms with Gasteiger partial charge in [-0.3, -0.25) is 9.59 Å². The molecule has 0 aromatic heterocycles. The van der Waals surface area contributed by atoms with Crippen molar-refractivity contribution in [2.75, 3.05) is 14.2 Å². The molecule has 0 amide bonds. The number of unbranched alkanes of at least 4 members (excludes halogenated alkanes) is 1. The molecule has 0 heterocycles. The van der Waals surface area contributed by atoms with E-state index < -0.39 is 0 Å². The van der Waals surface area contributed by atoms with Crippen LogP contribution < -0.4 is 0 Å². The van der Waals surface area contributed by atoms with Crippen LogP contribution in [0.5, 0.6) is 0 Å². The molecular formula is C15H22O4. The summed E-state index contributed by atoms with van der Waals surface area (Å²) >= 11 is 0. The normalized spacial score (nSPS) is 31.5. The number of ether oxygens (including phenoxy) is 2. The van der Waals surface area contributed by atoms with Gasteiger partial charge >= 0.3 is 11.9 Å². The standard InChI is InChI=1S/C15H22O4/c1-18-13(16)5-3-4-8-15(14(17)19-2)10-11-6-7-12(15)9-11/h6-7,11-12H,3-5,8-10H2,1-2H3. The molecule has 3 unspecified atom stereocenters. The first-order valence-electron chi connectivity index (χ1n) is 6.96. The Kier molecular flexibility index (Phi) is 4.27. The predicted octanol–water partition coefficient (Wildman–Crippen LogP) is 2.48. The number of carbonyl (C=O) groups is 2. The molecule has 0 radical (unpaired) electrons. The molecule has 0 aliphatic heterocycles. The molecule has 1 fully saturated rings. The molecule has 2 bridgehead atoms. The minimum Gasteiger partial charge on any atom is -0.469 e. The zero-order valence-corrected chi connectivity index (χ0v) is 11.7. The van der Waals surface area contributed by atoms with Crippen LogP contribution in [0, 0.1) is 17.3 Å². The molecule has 2 rings (SSSR count). The highest BCUT2D eigenvalue weighted by atomic mass is 16.5. The van der Waals surface area contributed by atoms with Crippen molar-refractivity contribution in [1.29, 1.82) is 0 Å². The van der Waals surface area contributed by atoms with Crippen LogP contribution in [0.2, 0.25) is 0 Å². The molecule has 2 aliphatic rings. The number of carbonyl (C=O) groups excluding carboxylic acids is 2. The van der Waals surface area contributed by atoms with Crippen LogP contribution in [0.1, 0.15) is 38.5 Å². The van der Waals surface area contributed by atoms with E-state index >= 15 is 0 Å². The highest BCUT2D eigenvalue weighted by molar-refractivity contribution is 5.78. The van der Waals surface area contributed by atoms with Gasteiger partial charge in [-0.15, -0.1) is 0 Å². The van der Waals surface area contributed by atoms with E-state index in [1.807, 2.05) is 0 Å². The van der Waals surface area contributed by atoms with Gasteiger partial charge in [0.2, 0.25) is 0 Å². The van der Waals surface area contributed by atoms with Crippen molar-refractivity contribution in [3.63, 3.8) is 0 Å². The van der Waals surface area contributed by atoms with E-state index in [1.165, 1.54) is 14.2 Å². The van der Waals surface area contributed by atoms with E-state index in [2.05, 4.69) is 16.9 Å². The molecule has 0 aromatic carbocycles. The Morgan fingerprint density at radius 3 is 2.53 bits per heavy atom. The average Bonchev–Trinajstić information content (AvgIpc) is 3.03. The molecule has 1 saturated carbocycles. The maximum atomic E-state index is 12.2. The molecule has 19 heavy (non-hydrogen) atoms. The second-order valence-corrected chi connectivity index (χ2v) is 5.62. The van der Waals surface area contributed by atoms with Crippen LogP contribution in [0.25, 0.3) is 0 Å². The third-order valence-corrected chi connectivity index (χ3v) is 4.58. The minimum atomic E-state index is -0.343. The van der Waals surface area contributed by atoms with Crippen LogP contribution in [-0.4, -0.2) is 26.2 Å². The van der Waals surface area contributed by atoms with Gasteiger partial charge in [0, 0.05) is 6.42 Å². The van der Waals surface area contributed by atoms with Crippen LogP contribution >= 0.6 is 0 Å². The summed E-state index contributed by atoms with van der Waals surface area (Å²) in [6.07, 6.45) is 9.24. The van der Waals surface area contributed by atoms with Crippen LogP contribution in [-0.2, 0) is 19.1 Å². The van der Waals surface area contributed by atoms with Gasteiger partial charge < -0.3 is 9.47 Å². The highest BCUT2D eigenvalue weighted by Gasteiger charge is 2.53. The maximum absolute atomic E-state index is 12.2. The van der Waals surface area contributed by atoms with E-state index in [0.29, 0.717) is 18.3 Å². The zero-order valence-electron chi connectivity index (χ0n) is 11.7. The first-order valence-corrected chi connectivity index (χ1v) is 6.96. The summed E-state index contributed by atoms with van der Waals surface area (Å²) in [6.45, 7) is 0. The van der Waals surface area contributed by atoms with Gasteiger partial charge in [0.1, 0.15) is 0 Å². The third kappa shape index (κ3) is 2.67. The Morgan fingerprint density at radius 1 is 1.21 bits per heavy atom. The lowest BCUT2D eigenvalue weighted by atomic mass is 9.72. The van der Waals surface area contributed by atoms with Crippen molar-refractivity contribution in [2.45, 2.75) is 38.5 Å². The zero-order chi connectivity index (χ0) is 13.9. The summed E-state index contributed by atoms with van der Waals surface area (Å²) in [7, 11) is 2.87. The van der Waals surface area contributed by atoms with Crippen molar-refractivity contribution < 1.29 is 19.1 Å². The summed E-state index contributed by atoms with van der Waals surface area (Å²) in [6, 6.07) is 0. The Morgan fingerprint density at radius 2 is 2.00 bits per heavy atom. The highest BCUT2D eigenvalue weighted by Crippen LogP contribution is 2.55. The summed E-state index contributed by atoms with van der Waals surface area (Å²) in [4.78, 5) is 23.2. The van der Waals surface area contributed by atoms with Crippen LogP contribution in [0.4, 0.5) is 0 Å². The lowest BCUT2D eigenvalue weighted by Gasteiger charge is -2.32. The van der Waals surface area contributed by atoms with Crippen molar-refractivity contribution in [3.05, 3.63) is 12.2 Å². The number of hydrogen-bond donors (Lipinski definition) is 0. The summed E-state index contributed by atoms with van der Waals surface area (Å²) < 4.78 is 9.65. The van der Waals surface area contributed by atoms with E-state index in [4.69, 9.17) is 4.74 Å². The van der Waals surface area contributed by atoms with Gasteiger partial charge in [-0.1, -0.05) is 18.6 Å². The molecule has 106 valence electrons. The van der Waals surface area contributed by atoms with Crippen molar-refractivity contribution in [1.82, 2.24) is 0 Å². The topological polar surface area (TPSA) is 52.6 Å². The maximum Gasteiger partial charge on any atom is 0.312 e. The monoisotopic (exact) mass is 266 g/mol. The SMILES string of the molecule is COC(=O)CCCCC1(C(=O)OC)CC2C=CC1C2. The van der Waals surface area contributed by atoms with Crippen molar-refractivity contribution in [2.24, 2.45) is 17.3 Å². The van der Waals surface area contributed by atoms with Gasteiger partial charge in [-0.2, -0.15) is 0 Å². The van der Waals surface area contributed by atoms with Crippen LogP contribution in [0.15, 0.2) is 12.2 Å². The predicted molar refractivity (Wildman–Crippen MR) is 70.3 cm³/mol. The number of hydrogen-bond acceptors (Lipinski definition) is 4. The first kappa shape index (κ1) is 14.1. The fraction of sp³-hybridized carbons (Fsp3) is 0.733. The molecule has 0 spiro atoms. The summed E-state index contributed by atoms with van der Waals surface area (Å²) in [5, 5.41) is 0. The molecule has 4 heteroatoms. The Bertz CT molecular complexity index is 388. The molecule has 3 atom stereocenters. The molecule has 4 nitrogen and oxygen atoms in total. The number of rotatable bonds is 6. The van der Waals surface area contributed by atoms with Gasteiger partial charge in [0.25, 0.3) is 0 Å². The lowest BCUT2D eigenvalue weighted by Crippen LogP contribution is -2.36. The second kappa shape index (κ2) is 5.76. The van der Waals surface area contributed by atoms with Gasteiger partial charge in [0.15, 0.2) is 0 Å². The smallest absolute Gasteiger partial charge is 0.312 e. The quantitative estimate of drug-likeness (QED) is 0.421. The Balaban J connectivity index is 1.91. The van der Waals surface area contributed by atoms with E-state index in [-0.39, 0.29) is 17.4 Å². The number of esters is 2. The number of fused-ring (bicyclic) bond motifs is 2. The lowest BCUT2D eigenvalue weighted by molar-refractivity contribution is -0.155. The second-order valence-electron chi connectivity index (χ2n) is 5.62. The summed E-state index contributed by atoms with van der Waals surface area (Å²) in [5.41, 5.74) is -0.343. The van der Waals surface area contributed by atoms with Gasteiger partial charge in [0.05, 0.1) is 19.6 Å². The fourth-order valence-electron chi connectivity index (χ4n) is 3.59. The van der Waals surface area contributed by atoms with Gasteiger partial charge in [-0.05, 0) is 37.5 Å². The minimum absolute atomic E-state index is 0.0811. The fourth-order valence-corrected chi connectivity index (χ4v) is 3.59. The van der Waals surface area contributed by atoms with Crippen molar-refractivity contribution in [3.8, 4) is 0 Å². The first-order chi connectivity index (χ1) is 9.12. The van der Waals surface area contributed by atoms with E-state index in [0.717, 1.165) is 32.1 Å². The van der Waals surface area contributed by atoms with Crippen LogP contribution in [0.3, 0.4) is 0 Å². The molecule has 0 saturated heterocycles. The molecule has 0 N–H and O–H groups in total. The summed E-state index contributed by atoms with van der Waals surface area (Å²) in [5.74, 6) is 0.593. The largest absolute Gasteiger partial charge is 0.469 e. The Labute approximate surface area is 114 Å². The molecular weight excluding hydrogens is 244 g/mol. The third-order valence-electron chi connectivity index (χ3n) is 4.58. The van der Waals surface area contributed by atoms with Crippen molar-refractivity contribution >= 4 is 11.9 Å².